The summed E-state index contributed by atoms with van der Waals surface area (Å²) in [4.78, 5) is 13.1. The molecule has 0 fully saturated rings. The Morgan fingerprint density at radius 3 is 1.94 bits per heavy atom. The number of carbonyl (C=O) groups is 1. The lowest BCUT2D eigenvalue weighted by atomic mass is 10.1. The lowest BCUT2D eigenvalue weighted by Crippen LogP contribution is -2.40. The first-order valence-electron chi connectivity index (χ1n) is 15.7. The fourth-order valence-electron chi connectivity index (χ4n) is 5.01. The van der Waals surface area contributed by atoms with Gasteiger partial charge in [-0.15, -0.1) is 0 Å². The molecule has 1 heterocycles. The molecule has 0 radical (unpaired) electrons. The molecular formula is C37H37ClN4O6S2. The van der Waals surface area contributed by atoms with Crippen LogP contribution in [0.4, 0.5) is 0 Å². The number of nitrogens with zero attached hydrogens (tertiary/aromatic N) is 3. The van der Waals surface area contributed by atoms with E-state index in [9.17, 15) is 21.6 Å². The molecule has 4 aromatic carbocycles. The van der Waals surface area contributed by atoms with E-state index in [-0.39, 0.29) is 35.2 Å². The van der Waals surface area contributed by atoms with Crippen LogP contribution >= 0.6 is 11.6 Å². The Balaban J connectivity index is 1.27. The van der Waals surface area contributed by atoms with Gasteiger partial charge in [-0.05, 0) is 79.9 Å². The van der Waals surface area contributed by atoms with Gasteiger partial charge in [-0.1, -0.05) is 89.5 Å². The summed E-state index contributed by atoms with van der Waals surface area (Å²) in [5.74, 6) is -0.0353. The highest BCUT2D eigenvalue weighted by Crippen LogP contribution is 2.23. The quantitative estimate of drug-likeness (QED) is 0.0991. The number of furan rings is 1. The summed E-state index contributed by atoms with van der Waals surface area (Å²) in [7, 11) is -7.93. The summed E-state index contributed by atoms with van der Waals surface area (Å²) < 4.78 is 62.7. The molecule has 0 saturated heterocycles. The Kier molecular flexibility index (Phi) is 12.0. The van der Waals surface area contributed by atoms with Crippen molar-refractivity contribution in [2.75, 3.05) is 13.1 Å². The number of amides is 1. The molecule has 1 N–H and O–H groups in total. The second-order valence-electron chi connectivity index (χ2n) is 11.7. The highest BCUT2D eigenvalue weighted by molar-refractivity contribution is 7.89. The van der Waals surface area contributed by atoms with E-state index < -0.39 is 32.5 Å². The molecule has 0 aliphatic carbocycles. The molecule has 0 bridgehead atoms. The van der Waals surface area contributed by atoms with Crippen LogP contribution in [0.2, 0.25) is 5.02 Å². The Morgan fingerprint density at radius 2 is 1.30 bits per heavy atom. The number of carbonyl (C=O) groups excluding carboxylic acids is 1. The minimum Gasteiger partial charge on any atom is -0.459 e. The molecule has 0 aliphatic rings. The molecule has 0 unspecified atom stereocenters. The number of hydrogen-bond acceptors (Lipinski definition) is 7. The molecule has 50 heavy (non-hydrogen) atoms. The minimum atomic E-state index is -4.04. The Bertz CT molecular complexity index is 2140. The van der Waals surface area contributed by atoms with E-state index in [1.54, 1.807) is 36.4 Å². The topological polar surface area (TPSA) is 129 Å². The normalized spacial score (nSPS) is 12.2. The first-order chi connectivity index (χ1) is 23.9. The summed E-state index contributed by atoms with van der Waals surface area (Å²) in [5.41, 5.74) is 6.11. The van der Waals surface area contributed by atoms with Crippen molar-refractivity contribution in [3.05, 3.63) is 154 Å². The fraction of sp³-hybridized carbons (Fsp3) is 0.189. The van der Waals surface area contributed by atoms with Gasteiger partial charge in [0, 0.05) is 18.1 Å². The van der Waals surface area contributed by atoms with Crippen molar-refractivity contribution in [2.24, 2.45) is 5.10 Å². The number of sulfonamides is 2. The smallest absolute Gasteiger partial charge is 0.255 e. The highest BCUT2D eigenvalue weighted by atomic mass is 35.5. The van der Waals surface area contributed by atoms with Gasteiger partial charge in [0.15, 0.2) is 0 Å². The number of hydrazone groups is 1. The van der Waals surface area contributed by atoms with Crippen LogP contribution in [0.3, 0.4) is 0 Å². The van der Waals surface area contributed by atoms with Crippen LogP contribution in [0.5, 0.6) is 0 Å². The number of rotatable bonds is 15. The van der Waals surface area contributed by atoms with Gasteiger partial charge in [-0.25, -0.2) is 22.3 Å². The molecular weight excluding hydrogens is 696 g/mol. The molecule has 1 amide bonds. The Labute approximate surface area is 298 Å². The number of hydrogen-bond donors (Lipinski definition) is 1. The predicted octanol–water partition coefficient (Wildman–Crippen LogP) is 6.32. The molecule has 1 aromatic heterocycles. The van der Waals surface area contributed by atoms with Crippen molar-refractivity contribution in [1.29, 1.82) is 0 Å². The van der Waals surface area contributed by atoms with Gasteiger partial charge < -0.3 is 4.42 Å². The van der Waals surface area contributed by atoms with Gasteiger partial charge in [0.05, 0.1) is 29.1 Å². The van der Waals surface area contributed by atoms with E-state index in [1.807, 2.05) is 68.4 Å². The zero-order chi connectivity index (χ0) is 35.7. The zero-order valence-corrected chi connectivity index (χ0v) is 30.0. The summed E-state index contributed by atoms with van der Waals surface area (Å²) >= 11 is 5.96. The maximum absolute atomic E-state index is 13.7. The van der Waals surface area contributed by atoms with Gasteiger partial charge in [-0.3, -0.25) is 4.79 Å². The number of halogens is 1. The van der Waals surface area contributed by atoms with E-state index in [2.05, 4.69) is 10.5 Å². The van der Waals surface area contributed by atoms with Crippen molar-refractivity contribution < 1.29 is 26.0 Å². The van der Waals surface area contributed by atoms with Gasteiger partial charge in [0.25, 0.3) is 5.91 Å². The second kappa shape index (κ2) is 16.4. The summed E-state index contributed by atoms with van der Waals surface area (Å²) in [6, 6.07) is 32.6. The minimum absolute atomic E-state index is 0.00944. The molecule has 0 saturated carbocycles. The summed E-state index contributed by atoms with van der Waals surface area (Å²) in [6.07, 6.45) is 1.65. The van der Waals surface area contributed by atoms with E-state index >= 15 is 0 Å². The van der Waals surface area contributed by atoms with Gasteiger partial charge >= 0.3 is 0 Å². The molecule has 0 spiro atoms. The van der Waals surface area contributed by atoms with Gasteiger partial charge in [-0.2, -0.15) is 13.7 Å². The van der Waals surface area contributed by atoms with E-state index in [1.165, 1.54) is 34.8 Å². The van der Waals surface area contributed by atoms with Crippen LogP contribution in [-0.2, 0) is 44.4 Å². The van der Waals surface area contributed by atoms with E-state index in [0.717, 1.165) is 26.6 Å². The number of nitrogens with one attached hydrogen (secondary N) is 1. The molecule has 5 rings (SSSR count). The highest BCUT2D eigenvalue weighted by Gasteiger charge is 2.28. The predicted molar refractivity (Wildman–Crippen MR) is 194 cm³/mol. The molecule has 260 valence electrons. The molecule has 13 heteroatoms. The fourth-order valence-corrected chi connectivity index (χ4v) is 7.92. The number of aryl methyl sites for hydroxylation is 2. The van der Waals surface area contributed by atoms with Crippen molar-refractivity contribution >= 4 is 43.8 Å². The van der Waals surface area contributed by atoms with Crippen LogP contribution in [0.1, 0.15) is 33.8 Å². The van der Waals surface area contributed by atoms with E-state index in [4.69, 9.17) is 16.0 Å². The molecule has 0 aliphatic heterocycles. The maximum atomic E-state index is 13.7. The average molecular weight is 733 g/mol. The first kappa shape index (κ1) is 36.7. The number of benzene rings is 4. The standard InChI is InChI=1S/C37H37ClN4O6S2/c1-28-8-12-31(13-9-28)25-42(50(46,47)35-18-10-29(2)11-19-35)26-34-17-16-33(48-34)24-39-40-37(43)27-41(23-22-30-6-4-3-5-7-30)49(44,45)36-20-14-32(38)15-21-36/h3-21,24H,22-23,25-27H2,1-2H3,(H,40,43)/b39-24-. The molecule has 5 aromatic rings. The maximum Gasteiger partial charge on any atom is 0.255 e. The van der Waals surface area contributed by atoms with Crippen molar-refractivity contribution in [1.82, 2.24) is 14.0 Å². The SMILES string of the molecule is Cc1ccc(CN(Cc2ccc(/C=N\NC(=O)CN(CCc3ccccc3)S(=O)(=O)c3ccc(Cl)cc3)o2)S(=O)(=O)c2ccc(C)cc2)cc1. The molecule has 10 nitrogen and oxygen atoms in total. The molecule has 0 atom stereocenters. The third-order valence-corrected chi connectivity index (χ3v) is 11.7. The van der Waals surface area contributed by atoms with Crippen LogP contribution in [0, 0.1) is 13.8 Å². The Morgan fingerprint density at radius 1 is 0.720 bits per heavy atom. The van der Waals surface area contributed by atoms with Crippen LogP contribution < -0.4 is 5.43 Å². The van der Waals surface area contributed by atoms with Gasteiger partial charge in [0.1, 0.15) is 11.5 Å². The van der Waals surface area contributed by atoms with E-state index in [0.29, 0.717) is 17.2 Å². The van der Waals surface area contributed by atoms with Crippen LogP contribution in [0.25, 0.3) is 0 Å². The average Bonchev–Trinajstić information content (AvgIpc) is 3.55. The second-order valence-corrected chi connectivity index (χ2v) is 16.0. The lowest BCUT2D eigenvalue weighted by molar-refractivity contribution is -0.121. The lowest BCUT2D eigenvalue weighted by Gasteiger charge is -2.22. The van der Waals surface area contributed by atoms with Crippen molar-refractivity contribution in [3.63, 3.8) is 0 Å². The summed E-state index contributed by atoms with van der Waals surface area (Å²) in [5, 5.41) is 4.35. The van der Waals surface area contributed by atoms with Crippen molar-refractivity contribution in [3.8, 4) is 0 Å². The third-order valence-electron chi connectivity index (χ3n) is 7.80. The van der Waals surface area contributed by atoms with Crippen LogP contribution in [0.15, 0.2) is 135 Å². The van der Waals surface area contributed by atoms with Crippen LogP contribution in [-0.4, -0.2) is 50.7 Å². The summed E-state index contributed by atoms with van der Waals surface area (Å²) in [6.45, 7) is 3.49. The monoisotopic (exact) mass is 732 g/mol. The Hall–Kier alpha value is -4.59. The first-order valence-corrected chi connectivity index (χ1v) is 19.0. The largest absolute Gasteiger partial charge is 0.459 e. The third kappa shape index (κ3) is 9.77. The zero-order valence-electron chi connectivity index (χ0n) is 27.6. The van der Waals surface area contributed by atoms with Gasteiger partial charge in [0.2, 0.25) is 20.0 Å². The van der Waals surface area contributed by atoms with Crippen molar-refractivity contribution in [2.45, 2.75) is 43.1 Å².